The lowest BCUT2D eigenvalue weighted by molar-refractivity contribution is -0.142. The second-order valence-electron chi connectivity index (χ2n) is 11.5. The Bertz CT molecular complexity index is 1250. The number of rotatable bonds is 11. The summed E-state index contributed by atoms with van der Waals surface area (Å²) in [5.74, 6) is 0.480. The van der Waals surface area contributed by atoms with Crippen molar-refractivity contribution in [1.29, 1.82) is 0 Å². The van der Waals surface area contributed by atoms with Crippen molar-refractivity contribution in [1.82, 2.24) is 10.2 Å². The Kier molecular flexibility index (Phi) is 10.8. The fraction of sp³-hybridized carbons (Fsp3) is 0.394. The molecule has 0 aliphatic rings. The average Bonchev–Trinajstić information content (AvgIpc) is 2.88. The van der Waals surface area contributed by atoms with E-state index in [1.807, 2.05) is 73.7 Å². The Balaban J connectivity index is 1.90. The molecule has 39 heavy (non-hydrogen) atoms. The molecule has 6 heteroatoms. The number of benzene rings is 3. The average molecular weight is 594 g/mol. The van der Waals surface area contributed by atoms with Gasteiger partial charge in [-0.05, 0) is 63.0 Å². The highest BCUT2D eigenvalue weighted by Crippen LogP contribution is 2.31. The molecule has 3 aromatic rings. The molecule has 0 aromatic heterocycles. The summed E-state index contributed by atoms with van der Waals surface area (Å²) in [6, 6.07) is 23.1. The number of amides is 2. The van der Waals surface area contributed by atoms with Gasteiger partial charge in [0.2, 0.25) is 5.91 Å². The van der Waals surface area contributed by atoms with Crippen molar-refractivity contribution in [3.05, 3.63) is 99.5 Å². The van der Waals surface area contributed by atoms with E-state index in [4.69, 9.17) is 4.74 Å². The molecule has 5 nitrogen and oxygen atoms in total. The number of nitrogens with zero attached hydrogens (tertiary/aromatic N) is 1. The van der Waals surface area contributed by atoms with Crippen LogP contribution in [-0.2, 0) is 28.0 Å². The highest BCUT2D eigenvalue weighted by atomic mass is 79.9. The first kappa shape index (κ1) is 30.4. The largest absolute Gasteiger partial charge is 0.483 e. The van der Waals surface area contributed by atoms with Crippen LogP contribution in [-0.4, -0.2) is 35.9 Å². The number of carbonyl (C=O) groups excluding carboxylic acids is 2. The third-order valence-electron chi connectivity index (χ3n) is 6.54. The van der Waals surface area contributed by atoms with Crippen LogP contribution in [0.3, 0.4) is 0 Å². The van der Waals surface area contributed by atoms with Crippen LogP contribution in [0.15, 0.2) is 77.3 Å². The van der Waals surface area contributed by atoms with Gasteiger partial charge in [0.05, 0.1) is 4.47 Å². The lowest BCUT2D eigenvalue weighted by Crippen LogP contribution is -2.52. The summed E-state index contributed by atoms with van der Waals surface area (Å²) in [6.45, 7) is 13.3. The minimum absolute atomic E-state index is 0.00447. The summed E-state index contributed by atoms with van der Waals surface area (Å²) in [6.07, 6.45) is 0.409. The van der Waals surface area contributed by atoms with Crippen molar-refractivity contribution in [3.8, 4) is 5.75 Å². The molecule has 0 bridgehead atoms. The molecule has 208 valence electrons. The molecule has 0 saturated heterocycles. The van der Waals surface area contributed by atoms with Gasteiger partial charge in [-0.2, -0.15) is 0 Å². The van der Waals surface area contributed by atoms with Gasteiger partial charge < -0.3 is 15.0 Å². The molecule has 1 atom stereocenters. The Morgan fingerprint density at radius 3 is 2.26 bits per heavy atom. The van der Waals surface area contributed by atoms with E-state index in [0.717, 1.165) is 21.2 Å². The highest BCUT2D eigenvalue weighted by Gasteiger charge is 2.31. The Morgan fingerprint density at radius 1 is 0.949 bits per heavy atom. The minimum Gasteiger partial charge on any atom is -0.483 e. The first-order chi connectivity index (χ1) is 18.4. The van der Waals surface area contributed by atoms with Gasteiger partial charge >= 0.3 is 0 Å². The molecule has 3 aromatic carbocycles. The topological polar surface area (TPSA) is 58.6 Å². The van der Waals surface area contributed by atoms with Crippen molar-refractivity contribution in [2.24, 2.45) is 5.92 Å². The van der Waals surface area contributed by atoms with Gasteiger partial charge in [0.1, 0.15) is 11.8 Å². The second kappa shape index (κ2) is 13.8. The summed E-state index contributed by atoms with van der Waals surface area (Å²) in [5.41, 5.74) is 4.22. The van der Waals surface area contributed by atoms with E-state index in [-0.39, 0.29) is 23.8 Å². The number of halogens is 1. The third kappa shape index (κ3) is 9.24. The van der Waals surface area contributed by atoms with Gasteiger partial charge in [-0.15, -0.1) is 0 Å². The summed E-state index contributed by atoms with van der Waals surface area (Å²) >= 11 is 3.60. The summed E-state index contributed by atoms with van der Waals surface area (Å²) in [5, 5.41) is 3.06. The van der Waals surface area contributed by atoms with Gasteiger partial charge in [-0.25, -0.2) is 0 Å². The minimum atomic E-state index is -0.686. The van der Waals surface area contributed by atoms with Crippen molar-refractivity contribution < 1.29 is 14.3 Å². The van der Waals surface area contributed by atoms with Gasteiger partial charge in [-0.1, -0.05) is 101 Å². The Labute approximate surface area is 242 Å². The standard InChI is InChI=1S/C33H41BrN2O3/c1-23(2)20-35-32(38)29(18-25-12-8-7-9-13-25)36(21-26-14-10-11-24(3)17-26)31(37)22-39-30-16-15-27(19-28(30)34)33(4,5)6/h7-17,19,23,29H,18,20-22H2,1-6H3,(H,35,38)/t29-/m1/s1. The van der Waals surface area contributed by atoms with E-state index in [0.29, 0.717) is 31.2 Å². The number of hydrogen-bond acceptors (Lipinski definition) is 3. The highest BCUT2D eigenvalue weighted by molar-refractivity contribution is 9.10. The normalized spacial score (nSPS) is 12.2. The maximum Gasteiger partial charge on any atom is 0.261 e. The summed E-state index contributed by atoms with van der Waals surface area (Å²) in [4.78, 5) is 29.0. The maximum absolute atomic E-state index is 13.8. The van der Waals surface area contributed by atoms with Gasteiger partial charge in [0.25, 0.3) is 5.91 Å². The fourth-order valence-electron chi connectivity index (χ4n) is 4.29. The molecule has 1 N–H and O–H groups in total. The van der Waals surface area contributed by atoms with Crippen LogP contribution in [0.2, 0.25) is 0 Å². The van der Waals surface area contributed by atoms with Crippen LogP contribution < -0.4 is 10.1 Å². The van der Waals surface area contributed by atoms with Crippen molar-refractivity contribution in [2.45, 2.75) is 66.0 Å². The molecule has 0 spiro atoms. The molecule has 0 fully saturated rings. The SMILES string of the molecule is Cc1cccc(CN(C(=O)COc2ccc(C(C)(C)C)cc2Br)[C@H](Cc2ccccc2)C(=O)NCC(C)C)c1. The third-order valence-corrected chi connectivity index (χ3v) is 7.16. The number of ether oxygens (including phenoxy) is 1. The lowest BCUT2D eigenvalue weighted by Gasteiger charge is -2.32. The number of aryl methyl sites for hydroxylation is 1. The first-order valence-corrected chi connectivity index (χ1v) is 14.3. The quantitative estimate of drug-likeness (QED) is 0.265. The molecule has 0 heterocycles. The summed E-state index contributed by atoms with van der Waals surface area (Å²) in [7, 11) is 0. The molecule has 0 radical (unpaired) electrons. The van der Waals surface area contributed by atoms with Gasteiger partial charge in [0, 0.05) is 19.5 Å². The summed E-state index contributed by atoms with van der Waals surface area (Å²) < 4.78 is 6.81. The lowest BCUT2D eigenvalue weighted by atomic mass is 9.87. The fourth-order valence-corrected chi connectivity index (χ4v) is 4.78. The van der Waals surface area contributed by atoms with E-state index in [2.05, 4.69) is 61.9 Å². The zero-order valence-electron chi connectivity index (χ0n) is 24.0. The molecule has 3 rings (SSSR count). The molecular formula is C33H41BrN2O3. The van der Waals surface area contributed by atoms with Crippen LogP contribution in [0.4, 0.5) is 0 Å². The van der Waals surface area contributed by atoms with E-state index in [9.17, 15) is 9.59 Å². The number of hydrogen-bond donors (Lipinski definition) is 1. The number of nitrogens with one attached hydrogen (secondary N) is 1. The predicted octanol–water partition coefficient (Wildman–Crippen LogP) is 6.85. The van der Waals surface area contributed by atoms with E-state index in [1.165, 1.54) is 5.56 Å². The van der Waals surface area contributed by atoms with Crippen LogP contribution in [0.5, 0.6) is 5.75 Å². The Hall–Kier alpha value is -3.12. The van der Waals surface area contributed by atoms with Crippen LogP contribution >= 0.6 is 15.9 Å². The zero-order valence-corrected chi connectivity index (χ0v) is 25.5. The van der Waals surface area contributed by atoms with Gasteiger partial charge in [-0.3, -0.25) is 9.59 Å². The monoisotopic (exact) mass is 592 g/mol. The molecule has 2 amide bonds. The van der Waals surface area contributed by atoms with E-state index < -0.39 is 6.04 Å². The van der Waals surface area contributed by atoms with Crippen molar-refractivity contribution >= 4 is 27.7 Å². The molecular weight excluding hydrogens is 552 g/mol. The molecule has 0 aliphatic carbocycles. The molecule has 0 aliphatic heterocycles. The number of carbonyl (C=O) groups is 2. The Morgan fingerprint density at radius 2 is 1.64 bits per heavy atom. The maximum atomic E-state index is 13.8. The predicted molar refractivity (Wildman–Crippen MR) is 162 cm³/mol. The van der Waals surface area contributed by atoms with E-state index in [1.54, 1.807) is 4.90 Å². The van der Waals surface area contributed by atoms with Crippen molar-refractivity contribution in [3.63, 3.8) is 0 Å². The molecule has 0 unspecified atom stereocenters. The smallest absolute Gasteiger partial charge is 0.261 e. The van der Waals surface area contributed by atoms with Crippen LogP contribution in [0.1, 0.15) is 56.9 Å². The molecule has 0 saturated carbocycles. The zero-order chi connectivity index (χ0) is 28.6. The second-order valence-corrected chi connectivity index (χ2v) is 12.4. The van der Waals surface area contributed by atoms with Crippen molar-refractivity contribution in [2.75, 3.05) is 13.2 Å². The van der Waals surface area contributed by atoms with Crippen LogP contribution in [0, 0.1) is 12.8 Å². The van der Waals surface area contributed by atoms with Crippen LogP contribution in [0.25, 0.3) is 0 Å². The first-order valence-electron chi connectivity index (χ1n) is 13.5. The van der Waals surface area contributed by atoms with E-state index >= 15 is 0 Å². The van der Waals surface area contributed by atoms with Gasteiger partial charge in [0.15, 0.2) is 6.61 Å².